The van der Waals surface area contributed by atoms with Crippen LogP contribution >= 0.6 is 0 Å². The van der Waals surface area contributed by atoms with Crippen molar-refractivity contribution in [3.63, 3.8) is 0 Å². The molecule has 1 fully saturated rings. The Kier molecular flexibility index (Phi) is 4.78. The van der Waals surface area contributed by atoms with Crippen LogP contribution in [0.15, 0.2) is 24.3 Å². The number of carbonyl (C=O) groups is 3. The van der Waals surface area contributed by atoms with Gasteiger partial charge >= 0.3 is 11.9 Å². The number of nitrogens with one attached hydrogen (secondary N) is 1. The Bertz CT molecular complexity index is 721. The van der Waals surface area contributed by atoms with E-state index in [2.05, 4.69) is 5.32 Å². The van der Waals surface area contributed by atoms with Crippen LogP contribution in [0.3, 0.4) is 0 Å². The summed E-state index contributed by atoms with van der Waals surface area (Å²) in [6, 6.07) is 5.08. The molecule has 1 aliphatic rings. The van der Waals surface area contributed by atoms with Crippen LogP contribution < -0.4 is 5.32 Å². The molecule has 0 unspecified atom stereocenters. The van der Waals surface area contributed by atoms with Crippen molar-refractivity contribution in [2.75, 3.05) is 5.32 Å². The second-order valence-electron chi connectivity index (χ2n) is 6.74. The molecule has 1 aliphatic carbocycles. The summed E-state index contributed by atoms with van der Waals surface area (Å²) in [5.74, 6) is -5.86. The lowest BCUT2D eigenvalue weighted by molar-refractivity contribution is -0.384. The summed E-state index contributed by atoms with van der Waals surface area (Å²) in [4.78, 5) is 45.6. The molecule has 2 N–H and O–H groups in total. The average molecular weight is 350 g/mol. The zero-order valence-corrected chi connectivity index (χ0v) is 13.9. The number of amides is 1. The molecule has 0 aliphatic heterocycles. The third kappa shape index (κ3) is 4.31. The predicted molar refractivity (Wildman–Crippen MR) is 85.7 cm³/mol. The molecule has 1 amide bonds. The highest BCUT2D eigenvalue weighted by molar-refractivity contribution is 6.04. The number of hydrogen-bond donors (Lipinski definition) is 2. The molecule has 0 spiro atoms. The number of nitro groups is 1. The standard InChI is InChI=1S/C16H18N2O7/c1-16(2,3)25-15(22)12-10(11(12)14(20)21)13(19)17-8-4-6-9(7-5-8)18(23)24/h4-7,10-12H,1-3H3,(H,17,19)(H,20,21)/t10-,11+,12-/m0/s1. The number of carboxylic acid groups (broad SMARTS) is 1. The maximum Gasteiger partial charge on any atom is 0.311 e. The first-order valence-corrected chi connectivity index (χ1v) is 7.52. The fraction of sp³-hybridized carbons (Fsp3) is 0.438. The second kappa shape index (κ2) is 6.50. The van der Waals surface area contributed by atoms with Gasteiger partial charge in [-0.1, -0.05) is 0 Å². The van der Waals surface area contributed by atoms with Crippen LogP contribution in [0, 0.1) is 27.9 Å². The largest absolute Gasteiger partial charge is 0.481 e. The Morgan fingerprint density at radius 3 is 2.12 bits per heavy atom. The molecule has 0 bridgehead atoms. The van der Waals surface area contributed by atoms with Gasteiger partial charge in [-0.05, 0) is 32.9 Å². The van der Waals surface area contributed by atoms with Gasteiger partial charge in [-0.25, -0.2) is 0 Å². The number of nitro benzene ring substituents is 1. The minimum absolute atomic E-state index is 0.139. The maximum absolute atomic E-state index is 12.3. The number of ether oxygens (including phenoxy) is 1. The summed E-state index contributed by atoms with van der Waals surface area (Å²) in [6.07, 6.45) is 0. The Balaban J connectivity index is 2.08. The Hall–Kier alpha value is -2.97. The van der Waals surface area contributed by atoms with Crippen molar-refractivity contribution >= 4 is 29.2 Å². The minimum Gasteiger partial charge on any atom is -0.481 e. The van der Waals surface area contributed by atoms with Gasteiger partial charge in [0.1, 0.15) is 5.60 Å². The summed E-state index contributed by atoms with van der Waals surface area (Å²) in [5.41, 5.74) is -0.656. The molecule has 0 heterocycles. The first kappa shape index (κ1) is 18.4. The summed E-state index contributed by atoms with van der Waals surface area (Å²) in [6.45, 7) is 4.94. The molecule has 1 aromatic rings. The van der Waals surface area contributed by atoms with Crippen molar-refractivity contribution in [1.29, 1.82) is 0 Å². The molecule has 9 nitrogen and oxygen atoms in total. The number of anilines is 1. The third-order valence-corrected chi connectivity index (χ3v) is 3.63. The molecule has 3 atom stereocenters. The van der Waals surface area contributed by atoms with Gasteiger partial charge in [-0.2, -0.15) is 0 Å². The molecule has 1 saturated carbocycles. The number of esters is 1. The molecular weight excluding hydrogens is 332 g/mol. The van der Waals surface area contributed by atoms with Gasteiger partial charge in [0, 0.05) is 17.8 Å². The van der Waals surface area contributed by atoms with E-state index in [0.717, 1.165) is 0 Å². The van der Waals surface area contributed by atoms with Crippen LogP contribution in [0.2, 0.25) is 0 Å². The Labute approximate surface area is 143 Å². The third-order valence-electron chi connectivity index (χ3n) is 3.63. The predicted octanol–water partition coefficient (Wildman–Crippen LogP) is 1.82. The van der Waals surface area contributed by atoms with Crippen molar-refractivity contribution in [2.24, 2.45) is 17.8 Å². The van der Waals surface area contributed by atoms with E-state index in [4.69, 9.17) is 4.74 Å². The normalized spacial score (nSPS) is 22.0. The lowest BCUT2D eigenvalue weighted by atomic mass is 10.2. The molecular formula is C16H18N2O7. The molecule has 1 aromatic carbocycles. The Morgan fingerprint density at radius 2 is 1.68 bits per heavy atom. The van der Waals surface area contributed by atoms with Crippen LogP contribution in [0.1, 0.15) is 20.8 Å². The zero-order valence-electron chi connectivity index (χ0n) is 13.9. The van der Waals surface area contributed by atoms with E-state index in [0.29, 0.717) is 0 Å². The van der Waals surface area contributed by atoms with Crippen molar-refractivity contribution in [3.05, 3.63) is 34.4 Å². The van der Waals surface area contributed by atoms with E-state index in [1.54, 1.807) is 20.8 Å². The highest BCUT2D eigenvalue weighted by Crippen LogP contribution is 2.48. The number of carboxylic acids is 1. The number of aliphatic carboxylic acids is 1. The smallest absolute Gasteiger partial charge is 0.311 e. The number of hydrogen-bond acceptors (Lipinski definition) is 6. The molecule has 0 aromatic heterocycles. The summed E-state index contributed by atoms with van der Waals surface area (Å²) in [5, 5.41) is 22.3. The van der Waals surface area contributed by atoms with Crippen LogP contribution in [-0.2, 0) is 19.1 Å². The zero-order chi connectivity index (χ0) is 18.9. The summed E-state index contributed by atoms with van der Waals surface area (Å²) < 4.78 is 5.16. The van der Waals surface area contributed by atoms with E-state index < -0.39 is 46.1 Å². The van der Waals surface area contributed by atoms with Crippen LogP contribution in [-0.4, -0.2) is 33.5 Å². The van der Waals surface area contributed by atoms with E-state index in [1.165, 1.54) is 24.3 Å². The number of rotatable bonds is 5. The first-order chi connectivity index (χ1) is 11.5. The Morgan fingerprint density at radius 1 is 1.12 bits per heavy atom. The van der Waals surface area contributed by atoms with Gasteiger partial charge in [-0.15, -0.1) is 0 Å². The average Bonchev–Trinajstić information content (AvgIpc) is 3.22. The monoisotopic (exact) mass is 350 g/mol. The molecule has 2 rings (SSSR count). The van der Waals surface area contributed by atoms with Crippen molar-refractivity contribution in [1.82, 2.24) is 0 Å². The molecule has 25 heavy (non-hydrogen) atoms. The highest BCUT2D eigenvalue weighted by Gasteiger charge is 2.64. The first-order valence-electron chi connectivity index (χ1n) is 7.52. The number of nitrogens with zero attached hydrogens (tertiary/aromatic N) is 1. The highest BCUT2D eigenvalue weighted by atomic mass is 16.6. The van der Waals surface area contributed by atoms with Crippen LogP contribution in [0.25, 0.3) is 0 Å². The van der Waals surface area contributed by atoms with Crippen molar-refractivity contribution < 1.29 is 29.2 Å². The number of non-ortho nitro benzene ring substituents is 1. The minimum atomic E-state index is -1.25. The maximum atomic E-state index is 12.3. The van der Waals surface area contributed by atoms with Gasteiger partial charge in [0.25, 0.3) is 5.69 Å². The molecule has 9 heteroatoms. The number of carbonyl (C=O) groups excluding carboxylic acids is 2. The van der Waals surface area contributed by atoms with E-state index >= 15 is 0 Å². The van der Waals surface area contributed by atoms with Crippen molar-refractivity contribution in [2.45, 2.75) is 26.4 Å². The van der Waals surface area contributed by atoms with E-state index in [1.807, 2.05) is 0 Å². The lowest BCUT2D eigenvalue weighted by Crippen LogP contribution is -2.26. The van der Waals surface area contributed by atoms with Gasteiger partial charge in [-0.3, -0.25) is 24.5 Å². The van der Waals surface area contributed by atoms with Gasteiger partial charge in [0.15, 0.2) is 0 Å². The van der Waals surface area contributed by atoms with Gasteiger partial charge in [0.2, 0.25) is 5.91 Å². The fourth-order valence-corrected chi connectivity index (χ4v) is 2.50. The summed E-state index contributed by atoms with van der Waals surface area (Å²) in [7, 11) is 0. The molecule has 0 radical (unpaired) electrons. The SMILES string of the molecule is CC(C)(C)OC(=O)[C@@H]1[C@H](C(=O)O)[C@@H]1C(=O)Nc1ccc([N+](=O)[O-])cc1. The van der Waals surface area contributed by atoms with Gasteiger partial charge < -0.3 is 15.2 Å². The number of benzene rings is 1. The van der Waals surface area contributed by atoms with E-state index in [9.17, 15) is 29.6 Å². The topological polar surface area (TPSA) is 136 Å². The van der Waals surface area contributed by atoms with Crippen LogP contribution in [0.5, 0.6) is 0 Å². The van der Waals surface area contributed by atoms with Crippen molar-refractivity contribution in [3.8, 4) is 0 Å². The lowest BCUT2D eigenvalue weighted by Gasteiger charge is -2.19. The van der Waals surface area contributed by atoms with E-state index in [-0.39, 0.29) is 11.4 Å². The second-order valence-corrected chi connectivity index (χ2v) is 6.74. The molecule has 0 saturated heterocycles. The van der Waals surface area contributed by atoms with Gasteiger partial charge in [0.05, 0.1) is 22.7 Å². The fourth-order valence-electron chi connectivity index (χ4n) is 2.50. The quantitative estimate of drug-likeness (QED) is 0.469. The molecule has 134 valence electrons. The summed E-state index contributed by atoms with van der Waals surface area (Å²) >= 11 is 0. The van der Waals surface area contributed by atoms with Crippen LogP contribution in [0.4, 0.5) is 11.4 Å².